The minimum absolute atomic E-state index is 0.119. The molecule has 0 saturated carbocycles. The third-order valence-corrected chi connectivity index (χ3v) is 3.63. The summed E-state index contributed by atoms with van der Waals surface area (Å²) in [5.74, 6) is -1.07. The molecule has 0 aliphatic rings. The van der Waals surface area contributed by atoms with Crippen LogP contribution in [0.2, 0.25) is 15.1 Å². The number of rotatable bonds is 2. The molecule has 2 aromatic rings. The molecule has 4 nitrogen and oxygen atoms in total. The third-order valence-electron chi connectivity index (χ3n) is 2.57. The second-order valence-corrected chi connectivity index (χ2v) is 5.24. The van der Waals surface area contributed by atoms with Crippen molar-refractivity contribution in [3.63, 3.8) is 0 Å². The Morgan fingerprint density at radius 1 is 0.857 bits per heavy atom. The van der Waals surface area contributed by atoms with Gasteiger partial charge in [-0.25, -0.2) is 0 Å². The molecular weight excluding hydrogens is 335 g/mol. The zero-order chi connectivity index (χ0) is 15.4. The Labute approximate surface area is 136 Å². The van der Waals surface area contributed by atoms with E-state index in [4.69, 9.17) is 34.8 Å². The van der Waals surface area contributed by atoms with E-state index in [1.54, 1.807) is 30.3 Å². The monoisotopic (exact) mass is 342 g/mol. The molecule has 0 heterocycles. The van der Waals surface area contributed by atoms with Gasteiger partial charge in [0.05, 0.1) is 15.6 Å². The van der Waals surface area contributed by atoms with Crippen molar-refractivity contribution in [3.8, 4) is 0 Å². The molecular formula is C14H9Cl3N2O2. The summed E-state index contributed by atoms with van der Waals surface area (Å²) >= 11 is 17.5. The van der Waals surface area contributed by atoms with Gasteiger partial charge in [-0.1, -0.05) is 46.9 Å². The fourth-order valence-corrected chi connectivity index (χ4v) is 2.14. The lowest BCUT2D eigenvalue weighted by atomic mass is 10.2. The topological polar surface area (TPSA) is 58.2 Å². The van der Waals surface area contributed by atoms with Gasteiger partial charge in [-0.05, 0) is 30.3 Å². The second kappa shape index (κ2) is 6.80. The van der Waals surface area contributed by atoms with E-state index in [9.17, 15) is 9.59 Å². The van der Waals surface area contributed by atoms with Crippen LogP contribution in [0.15, 0.2) is 42.5 Å². The summed E-state index contributed by atoms with van der Waals surface area (Å²) < 4.78 is 0. The number of benzene rings is 2. The van der Waals surface area contributed by atoms with Gasteiger partial charge in [0.15, 0.2) is 0 Å². The number of hydrogen-bond acceptors (Lipinski definition) is 2. The molecule has 108 valence electrons. The molecule has 2 amide bonds. The van der Waals surface area contributed by atoms with Crippen molar-refractivity contribution < 1.29 is 9.59 Å². The Balaban J connectivity index is 2.04. The zero-order valence-corrected chi connectivity index (χ0v) is 12.8. The molecule has 0 radical (unpaired) electrons. The van der Waals surface area contributed by atoms with Crippen LogP contribution < -0.4 is 10.9 Å². The average molecular weight is 344 g/mol. The molecule has 0 atom stereocenters. The highest BCUT2D eigenvalue weighted by atomic mass is 35.5. The predicted octanol–water partition coefficient (Wildman–Crippen LogP) is 3.72. The lowest BCUT2D eigenvalue weighted by Crippen LogP contribution is -2.41. The number of halogens is 3. The number of carbonyl (C=O) groups is 2. The van der Waals surface area contributed by atoms with Crippen LogP contribution >= 0.6 is 34.8 Å². The van der Waals surface area contributed by atoms with E-state index in [1.807, 2.05) is 0 Å². The largest absolute Gasteiger partial charge is 0.271 e. The van der Waals surface area contributed by atoms with Crippen molar-refractivity contribution in [1.82, 2.24) is 10.9 Å². The molecule has 0 bridgehead atoms. The van der Waals surface area contributed by atoms with Gasteiger partial charge in [0, 0.05) is 10.6 Å². The van der Waals surface area contributed by atoms with E-state index in [1.165, 1.54) is 12.1 Å². The normalized spacial score (nSPS) is 10.0. The molecule has 0 aliphatic heterocycles. The van der Waals surface area contributed by atoms with Gasteiger partial charge in [0.1, 0.15) is 0 Å². The van der Waals surface area contributed by atoms with E-state index in [-0.39, 0.29) is 15.6 Å². The van der Waals surface area contributed by atoms with Crippen LogP contribution in [0.1, 0.15) is 20.7 Å². The average Bonchev–Trinajstić information content (AvgIpc) is 2.47. The van der Waals surface area contributed by atoms with Gasteiger partial charge in [0.25, 0.3) is 11.8 Å². The van der Waals surface area contributed by atoms with E-state index in [0.717, 1.165) is 0 Å². The number of hydrogen-bond donors (Lipinski definition) is 2. The lowest BCUT2D eigenvalue weighted by Gasteiger charge is -2.09. The van der Waals surface area contributed by atoms with Crippen molar-refractivity contribution in [2.75, 3.05) is 0 Å². The van der Waals surface area contributed by atoms with Gasteiger partial charge >= 0.3 is 0 Å². The maximum absolute atomic E-state index is 11.9. The summed E-state index contributed by atoms with van der Waals surface area (Å²) in [6.07, 6.45) is 0. The molecule has 2 aromatic carbocycles. The second-order valence-electron chi connectivity index (χ2n) is 4.02. The van der Waals surface area contributed by atoms with Crippen LogP contribution in [0.4, 0.5) is 0 Å². The summed E-state index contributed by atoms with van der Waals surface area (Å²) in [5.41, 5.74) is 5.01. The number of hydrazine groups is 1. The predicted molar refractivity (Wildman–Crippen MR) is 82.8 cm³/mol. The van der Waals surface area contributed by atoms with Gasteiger partial charge in [-0.2, -0.15) is 0 Å². The minimum Gasteiger partial charge on any atom is -0.267 e. The number of nitrogens with one attached hydrogen (secondary N) is 2. The molecule has 0 fully saturated rings. The summed E-state index contributed by atoms with van der Waals surface area (Å²) in [7, 11) is 0. The number of carbonyl (C=O) groups excluding carboxylic acids is 2. The first kappa shape index (κ1) is 15.6. The molecule has 2 N–H and O–H groups in total. The summed E-state index contributed by atoms with van der Waals surface area (Å²) in [6.45, 7) is 0. The van der Waals surface area contributed by atoms with E-state index in [0.29, 0.717) is 10.6 Å². The maximum Gasteiger partial charge on any atom is 0.271 e. The van der Waals surface area contributed by atoms with Crippen LogP contribution in [-0.2, 0) is 0 Å². The summed E-state index contributed by atoms with van der Waals surface area (Å²) in [5, 5.41) is 0.797. The molecule has 0 aliphatic carbocycles. The van der Waals surface area contributed by atoms with E-state index < -0.39 is 11.8 Å². The Bertz CT molecular complexity index is 704. The Kier molecular flexibility index (Phi) is 5.07. The van der Waals surface area contributed by atoms with Crippen molar-refractivity contribution in [1.29, 1.82) is 0 Å². The molecule has 0 spiro atoms. The quantitative estimate of drug-likeness (QED) is 0.817. The third kappa shape index (κ3) is 3.88. The first-order valence-electron chi connectivity index (χ1n) is 5.79. The van der Waals surface area contributed by atoms with Crippen molar-refractivity contribution >= 4 is 46.6 Å². The van der Waals surface area contributed by atoms with Crippen LogP contribution in [0.25, 0.3) is 0 Å². The van der Waals surface area contributed by atoms with Gasteiger partial charge in [0.2, 0.25) is 0 Å². The highest BCUT2D eigenvalue weighted by molar-refractivity contribution is 6.43. The molecule has 0 saturated heterocycles. The van der Waals surface area contributed by atoms with Crippen LogP contribution in [0.3, 0.4) is 0 Å². The smallest absolute Gasteiger partial charge is 0.267 e. The molecule has 7 heteroatoms. The lowest BCUT2D eigenvalue weighted by molar-refractivity contribution is 0.0847. The number of amides is 2. The Morgan fingerprint density at radius 3 is 2.24 bits per heavy atom. The van der Waals surface area contributed by atoms with E-state index >= 15 is 0 Å². The minimum atomic E-state index is -0.571. The fourth-order valence-electron chi connectivity index (χ4n) is 1.56. The molecule has 0 unspecified atom stereocenters. The Hall–Kier alpha value is -1.75. The Morgan fingerprint density at radius 2 is 1.52 bits per heavy atom. The van der Waals surface area contributed by atoms with E-state index in [2.05, 4.69) is 10.9 Å². The van der Waals surface area contributed by atoms with Crippen LogP contribution in [-0.4, -0.2) is 11.8 Å². The van der Waals surface area contributed by atoms with Crippen molar-refractivity contribution in [2.24, 2.45) is 0 Å². The fraction of sp³-hybridized carbons (Fsp3) is 0. The molecule has 2 rings (SSSR count). The van der Waals surface area contributed by atoms with Crippen molar-refractivity contribution in [3.05, 3.63) is 68.7 Å². The first-order chi connectivity index (χ1) is 9.99. The van der Waals surface area contributed by atoms with Gasteiger partial charge in [-0.15, -0.1) is 0 Å². The molecule has 0 aromatic heterocycles. The van der Waals surface area contributed by atoms with Crippen molar-refractivity contribution in [2.45, 2.75) is 0 Å². The highest BCUT2D eigenvalue weighted by Crippen LogP contribution is 2.25. The van der Waals surface area contributed by atoms with Gasteiger partial charge < -0.3 is 0 Å². The van der Waals surface area contributed by atoms with Crippen LogP contribution in [0.5, 0.6) is 0 Å². The highest BCUT2D eigenvalue weighted by Gasteiger charge is 2.13. The maximum atomic E-state index is 11.9. The van der Waals surface area contributed by atoms with Gasteiger partial charge in [-0.3, -0.25) is 20.4 Å². The standard InChI is InChI=1S/C14H9Cl3N2O2/c15-9-4-1-3-8(7-9)13(20)18-19-14(21)10-5-2-6-11(16)12(10)17/h1-7H,(H,18,20)(H,19,21). The molecule has 21 heavy (non-hydrogen) atoms. The van der Waals surface area contributed by atoms with Crippen LogP contribution in [0, 0.1) is 0 Å². The zero-order valence-electron chi connectivity index (χ0n) is 10.5. The first-order valence-corrected chi connectivity index (χ1v) is 6.92. The summed E-state index contributed by atoms with van der Waals surface area (Å²) in [6, 6.07) is 11.0. The SMILES string of the molecule is O=C(NNC(=O)c1cccc(Cl)c1Cl)c1cccc(Cl)c1. The summed E-state index contributed by atoms with van der Waals surface area (Å²) in [4.78, 5) is 23.8.